The first-order chi connectivity index (χ1) is 15.5. The van der Waals surface area contributed by atoms with Crippen LogP contribution >= 0.6 is 0 Å². The minimum Gasteiger partial charge on any atom is -0.380 e. The minimum absolute atomic E-state index is 0.0113. The van der Waals surface area contributed by atoms with E-state index in [-0.39, 0.29) is 30.0 Å². The second-order valence-corrected chi connectivity index (χ2v) is 7.78. The highest BCUT2D eigenvalue weighted by Crippen LogP contribution is 2.27. The Morgan fingerprint density at radius 1 is 1.25 bits per heavy atom. The van der Waals surface area contributed by atoms with Crippen molar-refractivity contribution in [2.45, 2.75) is 32.8 Å². The van der Waals surface area contributed by atoms with Crippen molar-refractivity contribution in [3.05, 3.63) is 70.6 Å². The van der Waals surface area contributed by atoms with Gasteiger partial charge >= 0.3 is 0 Å². The third-order valence-electron chi connectivity index (χ3n) is 5.59. The molecule has 0 radical (unpaired) electrons. The predicted molar refractivity (Wildman–Crippen MR) is 116 cm³/mol. The van der Waals surface area contributed by atoms with E-state index < -0.39 is 0 Å². The largest absolute Gasteiger partial charge is 0.380 e. The van der Waals surface area contributed by atoms with Gasteiger partial charge in [0.25, 0.3) is 11.8 Å². The average molecular weight is 435 g/mol. The van der Waals surface area contributed by atoms with Crippen molar-refractivity contribution in [1.82, 2.24) is 20.0 Å². The van der Waals surface area contributed by atoms with E-state index >= 15 is 0 Å². The number of amides is 2. The lowest BCUT2D eigenvalue weighted by Crippen LogP contribution is -2.29. The number of nitrogens with zero attached hydrogens (tertiary/aromatic N) is 4. The Kier molecular flexibility index (Phi) is 6.27. The van der Waals surface area contributed by atoms with Crippen molar-refractivity contribution in [2.75, 3.05) is 25.5 Å². The lowest BCUT2D eigenvalue weighted by molar-refractivity contribution is 0.0775. The topological polar surface area (TPSA) is 110 Å². The fraction of sp³-hybridized carbons (Fsp3) is 0.348. The van der Waals surface area contributed by atoms with Crippen LogP contribution in [-0.4, -0.2) is 52.0 Å². The van der Waals surface area contributed by atoms with Crippen LogP contribution in [0.15, 0.2) is 41.1 Å². The highest BCUT2D eigenvalue weighted by atomic mass is 16.5. The van der Waals surface area contributed by atoms with Crippen molar-refractivity contribution in [3.8, 4) is 0 Å². The quantitative estimate of drug-likeness (QED) is 0.633. The molecule has 1 saturated heterocycles. The van der Waals surface area contributed by atoms with Gasteiger partial charge in [-0.05, 0) is 32.4 Å². The highest BCUT2D eigenvalue weighted by molar-refractivity contribution is 6.04. The van der Waals surface area contributed by atoms with Crippen LogP contribution in [-0.2, 0) is 11.3 Å². The summed E-state index contributed by atoms with van der Waals surface area (Å²) in [5.74, 6) is 0.752. The molecule has 1 aliphatic rings. The number of ether oxygens (including phenoxy) is 1. The maximum absolute atomic E-state index is 13.0. The number of aryl methyl sites for hydroxylation is 2. The van der Waals surface area contributed by atoms with Crippen LogP contribution in [0.1, 0.15) is 56.0 Å². The van der Waals surface area contributed by atoms with Crippen LogP contribution < -0.4 is 5.32 Å². The smallest absolute Gasteiger partial charge is 0.276 e. The molecule has 0 unspecified atom stereocenters. The Morgan fingerprint density at radius 3 is 2.75 bits per heavy atom. The van der Waals surface area contributed by atoms with Gasteiger partial charge in [0.1, 0.15) is 11.6 Å². The van der Waals surface area contributed by atoms with Gasteiger partial charge < -0.3 is 19.5 Å². The number of benzene rings is 1. The monoisotopic (exact) mass is 435 g/mol. The van der Waals surface area contributed by atoms with Gasteiger partial charge in [-0.1, -0.05) is 23.4 Å². The van der Waals surface area contributed by atoms with E-state index in [1.54, 1.807) is 32.1 Å². The first-order valence-corrected chi connectivity index (χ1v) is 10.4. The number of carbonyl (C=O) groups excluding carboxylic acids is 2. The van der Waals surface area contributed by atoms with E-state index in [4.69, 9.17) is 9.26 Å². The van der Waals surface area contributed by atoms with E-state index in [0.717, 1.165) is 6.42 Å². The molecule has 32 heavy (non-hydrogen) atoms. The number of methoxy groups -OCH3 is 1. The fourth-order valence-corrected chi connectivity index (χ4v) is 3.80. The van der Waals surface area contributed by atoms with E-state index in [1.165, 1.54) is 0 Å². The van der Waals surface area contributed by atoms with Gasteiger partial charge in [-0.25, -0.2) is 9.97 Å². The molecule has 0 bridgehead atoms. The van der Waals surface area contributed by atoms with Crippen molar-refractivity contribution in [1.29, 1.82) is 0 Å². The third kappa shape index (κ3) is 4.38. The molecule has 3 heterocycles. The number of aromatic nitrogens is 3. The van der Waals surface area contributed by atoms with E-state index in [2.05, 4.69) is 20.4 Å². The molecule has 1 N–H and O–H groups in total. The summed E-state index contributed by atoms with van der Waals surface area (Å²) in [6.07, 6.45) is 2.29. The molecule has 0 saturated carbocycles. The summed E-state index contributed by atoms with van der Waals surface area (Å²) in [4.78, 5) is 36.3. The Hall–Kier alpha value is -3.59. The average Bonchev–Trinajstić information content (AvgIpc) is 3.42. The molecule has 1 aliphatic heterocycles. The molecule has 166 valence electrons. The Morgan fingerprint density at radius 2 is 2.03 bits per heavy atom. The first kappa shape index (κ1) is 21.6. The summed E-state index contributed by atoms with van der Waals surface area (Å²) in [5.41, 5.74) is 2.69. The zero-order chi connectivity index (χ0) is 22.7. The second-order valence-electron chi connectivity index (χ2n) is 7.78. The SMILES string of the molecule is COCc1c(C(=O)N2CC[C@@H](c3ncc(C(=O)Nc4ccccc4)c(C)n3)C2)noc1C. The second kappa shape index (κ2) is 9.27. The van der Waals surface area contributed by atoms with Gasteiger partial charge in [-0.3, -0.25) is 9.59 Å². The molecule has 2 aromatic heterocycles. The zero-order valence-electron chi connectivity index (χ0n) is 18.3. The van der Waals surface area contributed by atoms with Crippen LogP contribution in [0.5, 0.6) is 0 Å². The fourth-order valence-electron chi connectivity index (χ4n) is 3.80. The number of rotatable bonds is 6. The summed E-state index contributed by atoms with van der Waals surface area (Å²) < 4.78 is 10.4. The third-order valence-corrected chi connectivity index (χ3v) is 5.59. The van der Waals surface area contributed by atoms with Gasteiger partial charge in [-0.15, -0.1) is 0 Å². The van der Waals surface area contributed by atoms with Crippen molar-refractivity contribution >= 4 is 17.5 Å². The van der Waals surface area contributed by atoms with Gasteiger partial charge in [0.15, 0.2) is 5.69 Å². The number of nitrogens with one attached hydrogen (secondary N) is 1. The Bertz CT molecular complexity index is 1130. The van der Waals surface area contributed by atoms with Crippen LogP contribution in [0, 0.1) is 13.8 Å². The standard InChI is InChI=1S/C23H25N5O4/c1-14-18(22(29)26-17-7-5-4-6-8-17)11-24-21(25-14)16-9-10-28(12-16)23(30)20-19(13-31-3)15(2)32-27-20/h4-8,11,16H,9-10,12-13H2,1-3H3,(H,26,29)/t16-/m1/s1. The molecule has 9 heteroatoms. The van der Waals surface area contributed by atoms with Gasteiger partial charge in [-0.2, -0.15) is 0 Å². The molecule has 4 rings (SSSR count). The molecule has 9 nitrogen and oxygen atoms in total. The normalized spacial score (nSPS) is 15.7. The number of hydrogen-bond acceptors (Lipinski definition) is 7. The van der Waals surface area contributed by atoms with Crippen molar-refractivity contribution in [3.63, 3.8) is 0 Å². The number of anilines is 1. The Balaban J connectivity index is 1.45. The lowest BCUT2D eigenvalue weighted by atomic mass is 10.1. The van der Waals surface area contributed by atoms with Crippen molar-refractivity contribution in [2.24, 2.45) is 0 Å². The molecule has 2 amide bonds. The summed E-state index contributed by atoms with van der Waals surface area (Å²) >= 11 is 0. The zero-order valence-corrected chi connectivity index (χ0v) is 18.3. The number of likely N-dealkylation sites (tertiary alicyclic amines) is 1. The van der Waals surface area contributed by atoms with E-state index in [0.29, 0.717) is 47.2 Å². The number of carbonyl (C=O) groups is 2. The first-order valence-electron chi connectivity index (χ1n) is 10.4. The number of para-hydroxylation sites is 1. The lowest BCUT2D eigenvalue weighted by Gasteiger charge is -2.16. The van der Waals surface area contributed by atoms with Gasteiger partial charge in [0, 0.05) is 38.0 Å². The molecule has 0 spiro atoms. The van der Waals surface area contributed by atoms with Crippen LogP contribution in [0.3, 0.4) is 0 Å². The molecule has 0 aliphatic carbocycles. The van der Waals surface area contributed by atoms with Crippen LogP contribution in [0.2, 0.25) is 0 Å². The molecule has 3 aromatic rings. The molecule has 1 aromatic carbocycles. The summed E-state index contributed by atoms with van der Waals surface area (Å²) in [5, 5.41) is 6.78. The van der Waals surface area contributed by atoms with Crippen LogP contribution in [0.4, 0.5) is 5.69 Å². The minimum atomic E-state index is -0.254. The highest BCUT2D eigenvalue weighted by Gasteiger charge is 2.33. The molecule has 1 atom stereocenters. The molecule has 1 fully saturated rings. The Labute approximate surface area is 185 Å². The predicted octanol–water partition coefficient (Wildman–Crippen LogP) is 3.11. The van der Waals surface area contributed by atoms with Crippen LogP contribution in [0.25, 0.3) is 0 Å². The summed E-state index contributed by atoms with van der Waals surface area (Å²) in [6.45, 7) is 4.87. The maximum Gasteiger partial charge on any atom is 0.276 e. The van der Waals surface area contributed by atoms with E-state index in [1.807, 2.05) is 30.3 Å². The molecular formula is C23H25N5O4. The van der Waals surface area contributed by atoms with Crippen molar-refractivity contribution < 1.29 is 18.8 Å². The summed E-state index contributed by atoms with van der Waals surface area (Å²) in [7, 11) is 1.57. The molecular weight excluding hydrogens is 410 g/mol. The van der Waals surface area contributed by atoms with Gasteiger partial charge in [0.05, 0.1) is 23.4 Å². The maximum atomic E-state index is 13.0. The van der Waals surface area contributed by atoms with E-state index in [9.17, 15) is 9.59 Å². The number of hydrogen-bond donors (Lipinski definition) is 1. The van der Waals surface area contributed by atoms with Gasteiger partial charge in [0.2, 0.25) is 0 Å². The summed E-state index contributed by atoms with van der Waals surface area (Å²) in [6, 6.07) is 9.24.